The average Bonchev–Trinajstić information content (AvgIpc) is 2.69. The van der Waals surface area contributed by atoms with E-state index in [1.807, 2.05) is 18.2 Å². The second-order valence-corrected chi connectivity index (χ2v) is 6.53. The first-order valence-electron chi connectivity index (χ1n) is 6.28. The Labute approximate surface area is 138 Å². The van der Waals surface area contributed by atoms with E-state index in [1.54, 1.807) is 17.0 Å². The highest BCUT2D eigenvalue weighted by atomic mass is 79.9. The van der Waals surface area contributed by atoms with Crippen molar-refractivity contribution < 1.29 is 9.18 Å². The number of hydrogen-bond donors (Lipinski definition) is 1. The lowest BCUT2D eigenvalue weighted by Gasteiger charge is -2.18. The zero-order valence-corrected chi connectivity index (χ0v) is 14.0. The van der Waals surface area contributed by atoms with Gasteiger partial charge < -0.3 is 10.6 Å². The van der Waals surface area contributed by atoms with Gasteiger partial charge in [-0.25, -0.2) is 4.39 Å². The molecular formula is C15H11Br2FN2O. The van der Waals surface area contributed by atoms with Gasteiger partial charge in [-0.05, 0) is 45.8 Å². The second-order valence-electron chi connectivity index (χ2n) is 4.82. The van der Waals surface area contributed by atoms with Crippen LogP contribution in [0, 0.1) is 5.82 Å². The van der Waals surface area contributed by atoms with Crippen molar-refractivity contribution in [1.82, 2.24) is 0 Å². The fraction of sp³-hybridized carbons (Fsp3) is 0.133. The molecule has 6 heteroatoms. The molecule has 0 radical (unpaired) electrons. The van der Waals surface area contributed by atoms with Gasteiger partial charge in [-0.2, -0.15) is 0 Å². The molecule has 3 nitrogen and oxygen atoms in total. The van der Waals surface area contributed by atoms with Gasteiger partial charge in [-0.3, -0.25) is 4.79 Å². The van der Waals surface area contributed by atoms with Crippen molar-refractivity contribution in [3.63, 3.8) is 0 Å². The highest BCUT2D eigenvalue weighted by Crippen LogP contribution is 2.40. The zero-order chi connectivity index (χ0) is 15.1. The predicted molar refractivity (Wildman–Crippen MR) is 86.4 cm³/mol. The van der Waals surface area contributed by atoms with Crippen LogP contribution in [0.4, 0.5) is 10.1 Å². The number of fused-ring (bicyclic) bond motifs is 1. The van der Waals surface area contributed by atoms with Crippen LogP contribution >= 0.6 is 31.9 Å². The van der Waals surface area contributed by atoms with Crippen LogP contribution in [0.15, 0.2) is 45.3 Å². The standard InChI is InChI=1S/C15H11Br2FN2O/c16-9-2-1-3-12-13(9)14(19)15(21)20(12)7-8-4-5-11(18)10(17)6-8/h1-6,14H,7,19H2. The largest absolute Gasteiger partial charge is 0.316 e. The Kier molecular flexibility index (Phi) is 3.86. The molecule has 1 amide bonds. The molecule has 0 spiro atoms. The van der Waals surface area contributed by atoms with Gasteiger partial charge in [0.15, 0.2) is 0 Å². The molecule has 21 heavy (non-hydrogen) atoms. The summed E-state index contributed by atoms with van der Waals surface area (Å²) in [6.07, 6.45) is 0. The van der Waals surface area contributed by atoms with E-state index in [0.717, 1.165) is 21.3 Å². The van der Waals surface area contributed by atoms with Crippen molar-refractivity contribution in [2.24, 2.45) is 5.73 Å². The maximum absolute atomic E-state index is 13.3. The molecule has 108 valence electrons. The van der Waals surface area contributed by atoms with E-state index < -0.39 is 6.04 Å². The zero-order valence-electron chi connectivity index (χ0n) is 10.8. The molecule has 2 N–H and O–H groups in total. The van der Waals surface area contributed by atoms with E-state index in [1.165, 1.54) is 6.07 Å². The summed E-state index contributed by atoms with van der Waals surface area (Å²) in [5, 5.41) is 0. The number of benzene rings is 2. The van der Waals surface area contributed by atoms with E-state index in [-0.39, 0.29) is 11.7 Å². The average molecular weight is 414 g/mol. The molecule has 2 aromatic rings. The molecule has 0 saturated carbocycles. The Morgan fingerprint density at radius 2 is 1.95 bits per heavy atom. The molecule has 1 unspecified atom stereocenters. The first-order valence-corrected chi connectivity index (χ1v) is 7.87. The molecule has 2 aromatic carbocycles. The van der Waals surface area contributed by atoms with Gasteiger partial charge in [-0.15, -0.1) is 0 Å². The molecule has 1 aliphatic heterocycles. The molecular weight excluding hydrogens is 403 g/mol. The Morgan fingerprint density at radius 1 is 1.19 bits per heavy atom. The maximum atomic E-state index is 13.3. The summed E-state index contributed by atoms with van der Waals surface area (Å²) in [5.41, 5.74) is 8.42. The Morgan fingerprint density at radius 3 is 2.67 bits per heavy atom. The number of carbonyl (C=O) groups excluding carboxylic acids is 1. The topological polar surface area (TPSA) is 46.3 Å². The van der Waals surface area contributed by atoms with Crippen molar-refractivity contribution in [2.45, 2.75) is 12.6 Å². The number of carbonyl (C=O) groups is 1. The quantitative estimate of drug-likeness (QED) is 0.811. The first kappa shape index (κ1) is 14.7. The van der Waals surface area contributed by atoms with Gasteiger partial charge in [0.2, 0.25) is 5.91 Å². The van der Waals surface area contributed by atoms with Crippen LogP contribution in [0.2, 0.25) is 0 Å². The summed E-state index contributed by atoms with van der Waals surface area (Å²) in [5.74, 6) is -0.483. The lowest BCUT2D eigenvalue weighted by Crippen LogP contribution is -2.31. The lowest BCUT2D eigenvalue weighted by atomic mass is 10.1. The highest BCUT2D eigenvalue weighted by Gasteiger charge is 2.36. The van der Waals surface area contributed by atoms with Crippen LogP contribution in [0.25, 0.3) is 0 Å². The molecule has 0 fully saturated rings. The summed E-state index contributed by atoms with van der Waals surface area (Å²) < 4.78 is 14.5. The number of nitrogens with zero attached hydrogens (tertiary/aromatic N) is 1. The number of amides is 1. The summed E-state index contributed by atoms with van der Waals surface area (Å²) in [7, 11) is 0. The van der Waals surface area contributed by atoms with Crippen molar-refractivity contribution >= 4 is 43.5 Å². The fourth-order valence-electron chi connectivity index (χ4n) is 2.46. The number of anilines is 1. The predicted octanol–water partition coefficient (Wildman–Crippen LogP) is 3.90. The molecule has 0 aromatic heterocycles. The Bertz CT molecular complexity index is 736. The molecule has 0 saturated heterocycles. The van der Waals surface area contributed by atoms with Crippen molar-refractivity contribution in [1.29, 1.82) is 0 Å². The lowest BCUT2D eigenvalue weighted by molar-refractivity contribution is -0.119. The SMILES string of the molecule is NC1C(=O)N(Cc2ccc(F)c(Br)c2)c2cccc(Br)c21. The normalized spacial score (nSPS) is 17.2. The number of halogens is 3. The third-order valence-corrected chi connectivity index (χ3v) is 4.79. The Hall–Kier alpha value is -1.24. The number of hydrogen-bond acceptors (Lipinski definition) is 2. The van der Waals surface area contributed by atoms with E-state index in [4.69, 9.17) is 5.73 Å². The van der Waals surface area contributed by atoms with Crippen LogP contribution in [0.5, 0.6) is 0 Å². The summed E-state index contributed by atoms with van der Waals surface area (Å²) in [6.45, 7) is 0.356. The number of nitrogens with two attached hydrogens (primary N) is 1. The van der Waals surface area contributed by atoms with Gasteiger partial charge in [0.25, 0.3) is 0 Å². The van der Waals surface area contributed by atoms with Crippen molar-refractivity contribution in [3.05, 3.63) is 62.3 Å². The molecule has 1 atom stereocenters. The summed E-state index contributed by atoms with van der Waals surface area (Å²) >= 11 is 6.59. The van der Waals surface area contributed by atoms with Gasteiger partial charge in [0.05, 0.1) is 16.7 Å². The van der Waals surface area contributed by atoms with Gasteiger partial charge in [-0.1, -0.05) is 28.1 Å². The molecule has 0 bridgehead atoms. The van der Waals surface area contributed by atoms with Crippen LogP contribution in [0.3, 0.4) is 0 Å². The number of rotatable bonds is 2. The first-order chi connectivity index (χ1) is 9.99. The molecule has 3 rings (SSSR count). The van der Waals surface area contributed by atoms with E-state index in [9.17, 15) is 9.18 Å². The minimum absolute atomic E-state index is 0.155. The Balaban J connectivity index is 1.98. The summed E-state index contributed by atoms with van der Waals surface area (Å²) in [6, 6.07) is 9.63. The third kappa shape index (κ3) is 2.52. The van der Waals surface area contributed by atoms with Crippen molar-refractivity contribution in [3.8, 4) is 0 Å². The van der Waals surface area contributed by atoms with Crippen LogP contribution in [0.1, 0.15) is 17.2 Å². The molecule has 0 aliphatic carbocycles. The minimum Gasteiger partial charge on any atom is -0.316 e. The van der Waals surface area contributed by atoms with E-state index in [2.05, 4.69) is 31.9 Å². The van der Waals surface area contributed by atoms with E-state index >= 15 is 0 Å². The highest BCUT2D eigenvalue weighted by molar-refractivity contribution is 9.10. The fourth-order valence-corrected chi connectivity index (χ4v) is 3.49. The maximum Gasteiger partial charge on any atom is 0.248 e. The smallest absolute Gasteiger partial charge is 0.248 e. The van der Waals surface area contributed by atoms with Gasteiger partial charge in [0.1, 0.15) is 11.9 Å². The van der Waals surface area contributed by atoms with Gasteiger partial charge in [0, 0.05) is 10.0 Å². The summed E-state index contributed by atoms with van der Waals surface area (Å²) in [4.78, 5) is 14.0. The van der Waals surface area contributed by atoms with Crippen LogP contribution in [-0.2, 0) is 11.3 Å². The molecule has 1 heterocycles. The second kappa shape index (κ2) is 5.51. The van der Waals surface area contributed by atoms with Crippen LogP contribution < -0.4 is 10.6 Å². The van der Waals surface area contributed by atoms with Crippen molar-refractivity contribution in [2.75, 3.05) is 4.90 Å². The minimum atomic E-state index is -0.667. The van der Waals surface area contributed by atoms with E-state index in [0.29, 0.717) is 11.0 Å². The van der Waals surface area contributed by atoms with Gasteiger partial charge >= 0.3 is 0 Å². The molecule has 1 aliphatic rings. The monoisotopic (exact) mass is 412 g/mol. The third-order valence-electron chi connectivity index (χ3n) is 3.49. The van der Waals surface area contributed by atoms with Crippen LogP contribution in [-0.4, -0.2) is 5.91 Å².